The zero-order chi connectivity index (χ0) is 13.6. The van der Waals surface area contributed by atoms with Gasteiger partial charge in [0.1, 0.15) is 11.0 Å². The largest absolute Gasteiger partial charge is 0.277 e. The number of hydrogen-bond acceptors (Lipinski definition) is 1. The minimum atomic E-state index is -2.72. The van der Waals surface area contributed by atoms with E-state index in [-0.39, 0.29) is 12.0 Å². The van der Waals surface area contributed by atoms with Crippen molar-refractivity contribution in [1.29, 1.82) is 0 Å². The summed E-state index contributed by atoms with van der Waals surface area (Å²) in [7, 11) is -1.37. The van der Waals surface area contributed by atoms with Crippen molar-refractivity contribution in [3.63, 3.8) is 0 Å². The number of benzene rings is 1. The van der Waals surface area contributed by atoms with Gasteiger partial charge in [-0.15, -0.1) is 0 Å². The third kappa shape index (κ3) is 2.51. The van der Waals surface area contributed by atoms with Crippen LogP contribution in [-0.2, 0) is 23.3 Å². The van der Waals surface area contributed by atoms with E-state index in [1.165, 1.54) is 12.3 Å². The molecule has 0 N–H and O–H groups in total. The van der Waals surface area contributed by atoms with Gasteiger partial charge in [0.15, 0.2) is 0 Å². The molecule has 0 bridgehead atoms. The Balaban J connectivity index is 2.20. The predicted molar refractivity (Wildman–Crippen MR) is 69.5 cm³/mol. The maximum Gasteiger partial charge on any atom is 0.277 e. The topological polar surface area (TPSA) is 29.4 Å². The molecule has 0 radical (unpaired) electrons. The van der Waals surface area contributed by atoms with Crippen LogP contribution in [0.1, 0.15) is 37.5 Å². The van der Waals surface area contributed by atoms with Crippen molar-refractivity contribution in [3.8, 4) is 0 Å². The second-order valence-corrected chi connectivity index (χ2v) is 7.33. The SMILES string of the molecule is CC(C)(C)[S@](=O)N=Cc1ccc2c(c1)C(F)(F)C2. The molecule has 0 heterocycles. The first kappa shape index (κ1) is 13.3. The number of fused-ring (bicyclic) bond motifs is 1. The highest BCUT2D eigenvalue weighted by molar-refractivity contribution is 7.85. The van der Waals surface area contributed by atoms with Gasteiger partial charge < -0.3 is 0 Å². The van der Waals surface area contributed by atoms with E-state index in [1.807, 2.05) is 20.8 Å². The minimum Gasteiger partial charge on any atom is -0.234 e. The monoisotopic (exact) mass is 271 g/mol. The highest BCUT2D eigenvalue weighted by atomic mass is 32.2. The molecule has 0 saturated carbocycles. The lowest BCUT2D eigenvalue weighted by Crippen LogP contribution is -2.29. The lowest BCUT2D eigenvalue weighted by Gasteiger charge is -2.29. The first-order valence-electron chi connectivity index (χ1n) is 5.67. The molecule has 0 aliphatic heterocycles. The van der Waals surface area contributed by atoms with E-state index in [0.717, 1.165) is 0 Å². The van der Waals surface area contributed by atoms with Crippen LogP contribution in [0, 0.1) is 0 Å². The first-order chi connectivity index (χ1) is 8.20. The molecule has 2 rings (SSSR count). The third-order valence-corrected chi connectivity index (χ3v) is 4.11. The van der Waals surface area contributed by atoms with Crippen molar-refractivity contribution < 1.29 is 13.0 Å². The minimum absolute atomic E-state index is 0.0630. The van der Waals surface area contributed by atoms with E-state index in [4.69, 9.17) is 0 Å². The summed E-state index contributed by atoms with van der Waals surface area (Å²) in [6.45, 7) is 5.44. The van der Waals surface area contributed by atoms with Crippen LogP contribution in [0.5, 0.6) is 0 Å². The zero-order valence-electron chi connectivity index (χ0n) is 10.5. The van der Waals surface area contributed by atoms with Crippen molar-refractivity contribution in [3.05, 3.63) is 34.9 Å². The average molecular weight is 271 g/mol. The Bertz CT molecular complexity index is 532. The number of nitrogens with zero attached hydrogens (tertiary/aromatic N) is 1. The van der Waals surface area contributed by atoms with Gasteiger partial charge in [-0.3, -0.25) is 0 Å². The number of alkyl halides is 2. The third-order valence-electron chi connectivity index (χ3n) is 2.76. The van der Waals surface area contributed by atoms with Gasteiger partial charge in [0.05, 0.1) is 4.75 Å². The second kappa shape index (κ2) is 4.23. The average Bonchev–Trinajstić information content (AvgIpc) is 2.24. The molecule has 0 unspecified atom stereocenters. The summed E-state index contributed by atoms with van der Waals surface area (Å²) in [6.07, 6.45) is 1.21. The smallest absolute Gasteiger partial charge is 0.234 e. The molecule has 0 fully saturated rings. The molecule has 1 aromatic rings. The van der Waals surface area contributed by atoms with Crippen LogP contribution >= 0.6 is 0 Å². The first-order valence-corrected chi connectivity index (χ1v) is 6.78. The fourth-order valence-corrected chi connectivity index (χ4v) is 2.20. The van der Waals surface area contributed by atoms with Crippen molar-refractivity contribution in [2.75, 3.05) is 0 Å². The Morgan fingerprint density at radius 1 is 1.39 bits per heavy atom. The summed E-state index contributed by atoms with van der Waals surface area (Å²) in [5, 5.41) is 0. The molecule has 1 aliphatic carbocycles. The molecule has 0 aromatic heterocycles. The molecular weight excluding hydrogens is 256 g/mol. The van der Waals surface area contributed by atoms with Gasteiger partial charge in [-0.05, 0) is 38.0 Å². The van der Waals surface area contributed by atoms with E-state index >= 15 is 0 Å². The van der Waals surface area contributed by atoms with Crippen LogP contribution in [0.4, 0.5) is 8.78 Å². The summed E-state index contributed by atoms with van der Waals surface area (Å²) in [6, 6.07) is 4.81. The van der Waals surface area contributed by atoms with Gasteiger partial charge in [-0.2, -0.15) is 4.40 Å². The van der Waals surface area contributed by atoms with Gasteiger partial charge in [0.25, 0.3) is 5.92 Å². The Labute approximate surface area is 108 Å². The maximum absolute atomic E-state index is 13.2. The fraction of sp³-hybridized carbons (Fsp3) is 0.462. The number of halogens is 2. The Hall–Kier alpha value is -1.10. The van der Waals surface area contributed by atoms with Crippen LogP contribution in [0.15, 0.2) is 22.6 Å². The van der Waals surface area contributed by atoms with Crippen molar-refractivity contribution in [1.82, 2.24) is 0 Å². The molecule has 98 valence electrons. The van der Waals surface area contributed by atoms with Crippen LogP contribution in [0.2, 0.25) is 0 Å². The van der Waals surface area contributed by atoms with Crippen LogP contribution < -0.4 is 0 Å². The maximum atomic E-state index is 13.2. The number of rotatable bonds is 2. The summed E-state index contributed by atoms with van der Waals surface area (Å²) in [5.41, 5.74) is 1.30. The molecule has 1 aliphatic rings. The van der Waals surface area contributed by atoms with E-state index in [0.29, 0.717) is 11.1 Å². The van der Waals surface area contributed by atoms with Gasteiger partial charge in [0, 0.05) is 18.2 Å². The van der Waals surface area contributed by atoms with Gasteiger partial charge in [0.2, 0.25) is 0 Å². The summed E-state index contributed by atoms with van der Waals surface area (Å²) >= 11 is 0. The molecule has 2 nitrogen and oxygen atoms in total. The van der Waals surface area contributed by atoms with Crippen LogP contribution in [0.25, 0.3) is 0 Å². The van der Waals surface area contributed by atoms with Crippen molar-refractivity contribution in [2.45, 2.75) is 37.9 Å². The molecule has 18 heavy (non-hydrogen) atoms. The highest BCUT2D eigenvalue weighted by Crippen LogP contribution is 2.43. The normalized spacial score (nSPS) is 19.4. The molecule has 5 heteroatoms. The standard InChI is InChI=1S/C13H15F2NOS/c1-12(2,3)18(17)16-8-9-4-5-10-7-13(14,15)11(10)6-9/h4-6,8H,7H2,1-3H3/t18-/m0/s1. The van der Waals surface area contributed by atoms with E-state index in [9.17, 15) is 13.0 Å². The molecule has 1 aromatic carbocycles. The lowest BCUT2D eigenvalue weighted by atomic mass is 9.83. The molecule has 0 spiro atoms. The molecule has 1 atom stereocenters. The summed E-state index contributed by atoms with van der Waals surface area (Å²) in [5.74, 6) is -2.72. The summed E-state index contributed by atoms with van der Waals surface area (Å²) < 4.78 is 41.6. The van der Waals surface area contributed by atoms with Crippen LogP contribution in [-0.4, -0.2) is 15.2 Å². The fourth-order valence-electron chi connectivity index (χ4n) is 1.66. The summed E-state index contributed by atoms with van der Waals surface area (Å²) in [4.78, 5) is 0. The predicted octanol–water partition coefficient (Wildman–Crippen LogP) is 3.22. The lowest BCUT2D eigenvalue weighted by molar-refractivity contribution is -0.0287. The number of hydrogen-bond donors (Lipinski definition) is 0. The van der Waals surface area contributed by atoms with Gasteiger partial charge in [-0.1, -0.05) is 12.1 Å². The van der Waals surface area contributed by atoms with E-state index < -0.39 is 21.7 Å². The Morgan fingerprint density at radius 2 is 2.06 bits per heavy atom. The molecule has 0 saturated heterocycles. The Kier molecular flexibility index (Phi) is 3.13. The van der Waals surface area contributed by atoms with Crippen LogP contribution in [0.3, 0.4) is 0 Å². The Morgan fingerprint density at radius 3 is 2.61 bits per heavy atom. The van der Waals surface area contributed by atoms with E-state index in [2.05, 4.69) is 4.40 Å². The molecular formula is C13H15F2NOS. The van der Waals surface area contributed by atoms with E-state index in [1.54, 1.807) is 12.1 Å². The second-order valence-electron chi connectivity index (χ2n) is 5.39. The quantitative estimate of drug-likeness (QED) is 0.759. The zero-order valence-corrected chi connectivity index (χ0v) is 11.4. The van der Waals surface area contributed by atoms with Crippen molar-refractivity contribution >= 4 is 17.2 Å². The van der Waals surface area contributed by atoms with Gasteiger partial charge >= 0.3 is 0 Å². The highest BCUT2D eigenvalue weighted by Gasteiger charge is 2.43. The van der Waals surface area contributed by atoms with Gasteiger partial charge in [-0.25, -0.2) is 13.0 Å². The van der Waals surface area contributed by atoms with Crippen molar-refractivity contribution in [2.24, 2.45) is 4.40 Å². The molecule has 0 amide bonds.